The van der Waals surface area contributed by atoms with Crippen molar-refractivity contribution in [3.8, 4) is 22.6 Å². The summed E-state index contributed by atoms with van der Waals surface area (Å²) in [5, 5.41) is 0. The molecule has 0 spiro atoms. The Hall–Kier alpha value is -2.90. The lowest BCUT2D eigenvalue weighted by atomic mass is 9.90. The second-order valence-corrected chi connectivity index (χ2v) is 6.82. The third-order valence-corrected chi connectivity index (χ3v) is 4.08. The van der Waals surface area contributed by atoms with Crippen LogP contribution in [0.4, 0.5) is 18.0 Å². The number of nitrogens with two attached hydrogens (primary N) is 1. The van der Waals surface area contributed by atoms with Gasteiger partial charge in [0, 0.05) is 12.0 Å². The Labute approximate surface area is 153 Å². The van der Waals surface area contributed by atoms with Crippen molar-refractivity contribution in [1.82, 2.24) is 0 Å². The molecule has 0 aliphatic carbocycles. The predicted octanol–water partition coefficient (Wildman–Crippen LogP) is 4.95. The highest BCUT2D eigenvalue weighted by Gasteiger charge is 2.36. The van der Waals surface area contributed by atoms with Crippen LogP contribution in [0.2, 0.25) is 0 Å². The lowest BCUT2D eigenvalue weighted by molar-refractivity contribution is -0.274. The zero-order valence-electron chi connectivity index (χ0n) is 14.7. The second kappa shape index (κ2) is 6.68. The highest BCUT2D eigenvalue weighted by Crippen LogP contribution is 2.43. The molecule has 1 amide bonds. The topological polar surface area (TPSA) is 70.8 Å². The van der Waals surface area contributed by atoms with E-state index < -0.39 is 24.2 Å². The molecular weight excluding hydrogens is 363 g/mol. The molecule has 0 saturated carbocycles. The summed E-state index contributed by atoms with van der Waals surface area (Å²) in [5.74, 6) is 0.172. The van der Waals surface area contributed by atoms with Crippen LogP contribution in [0, 0.1) is 0 Å². The summed E-state index contributed by atoms with van der Waals surface area (Å²) < 4.78 is 52.4. The number of carbonyl (C=O) groups is 1. The van der Waals surface area contributed by atoms with Crippen LogP contribution >= 0.6 is 0 Å². The van der Waals surface area contributed by atoms with Crippen molar-refractivity contribution in [3.63, 3.8) is 0 Å². The number of hydrogen-bond donors (Lipinski definition) is 1. The van der Waals surface area contributed by atoms with Crippen LogP contribution in [0.15, 0.2) is 42.5 Å². The number of alkyl halides is 3. The third kappa shape index (κ3) is 4.64. The Morgan fingerprint density at radius 3 is 2.56 bits per heavy atom. The number of benzene rings is 2. The quantitative estimate of drug-likeness (QED) is 0.817. The summed E-state index contributed by atoms with van der Waals surface area (Å²) in [6, 6.07) is 10.8. The Kier molecular flexibility index (Phi) is 4.67. The van der Waals surface area contributed by atoms with E-state index in [0.717, 1.165) is 0 Å². The van der Waals surface area contributed by atoms with E-state index in [-0.39, 0.29) is 5.75 Å². The van der Waals surface area contributed by atoms with Gasteiger partial charge in [-0.25, -0.2) is 4.79 Å². The van der Waals surface area contributed by atoms with Gasteiger partial charge in [-0.1, -0.05) is 24.3 Å². The Morgan fingerprint density at radius 2 is 1.89 bits per heavy atom. The lowest BCUT2D eigenvalue weighted by Crippen LogP contribution is -2.36. The minimum Gasteiger partial charge on any atom is -0.487 e. The second-order valence-electron chi connectivity index (χ2n) is 6.82. The number of ether oxygens (including phenoxy) is 3. The molecule has 1 atom stereocenters. The first-order valence-corrected chi connectivity index (χ1v) is 8.18. The lowest BCUT2D eigenvalue weighted by Gasteiger charge is -2.37. The first-order valence-electron chi connectivity index (χ1n) is 8.18. The first-order chi connectivity index (χ1) is 12.5. The highest BCUT2D eigenvalue weighted by atomic mass is 19.4. The third-order valence-electron chi connectivity index (χ3n) is 4.08. The summed E-state index contributed by atoms with van der Waals surface area (Å²) in [5.41, 5.74) is 6.36. The molecule has 144 valence electrons. The van der Waals surface area contributed by atoms with Crippen LogP contribution in [0.3, 0.4) is 0 Å². The summed E-state index contributed by atoms with van der Waals surface area (Å²) in [4.78, 5) is 11.2. The van der Waals surface area contributed by atoms with Crippen LogP contribution < -0.4 is 15.2 Å². The van der Waals surface area contributed by atoms with E-state index in [0.29, 0.717) is 28.9 Å². The number of carbonyl (C=O) groups excluding carboxylic acids is 1. The molecule has 5 nitrogen and oxygen atoms in total. The van der Waals surface area contributed by atoms with Crippen LogP contribution in [0.5, 0.6) is 11.5 Å². The number of primary amides is 1. The maximum absolute atomic E-state index is 12.4. The van der Waals surface area contributed by atoms with Crippen LogP contribution in [-0.4, -0.2) is 18.1 Å². The molecule has 27 heavy (non-hydrogen) atoms. The summed E-state index contributed by atoms with van der Waals surface area (Å²) in [6.07, 6.45) is -5.78. The van der Waals surface area contributed by atoms with E-state index in [2.05, 4.69) is 4.74 Å². The van der Waals surface area contributed by atoms with Crippen LogP contribution in [0.25, 0.3) is 11.1 Å². The van der Waals surface area contributed by atoms with Gasteiger partial charge in [-0.3, -0.25) is 0 Å². The van der Waals surface area contributed by atoms with Gasteiger partial charge in [0.15, 0.2) is 0 Å². The minimum atomic E-state index is -4.76. The van der Waals surface area contributed by atoms with Gasteiger partial charge in [0.25, 0.3) is 0 Å². The fourth-order valence-corrected chi connectivity index (χ4v) is 3.08. The molecule has 1 unspecified atom stereocenters. The molecule has 1 aliphatic heterocycles. The Morgan fingerprint density at radius 1 is 1.19 bits per heavy atom. The minimum absolute atomic E-state index is 0.311. The molecule has 0 radical (unpaired) electrons. The summed E-state index contributed by atoms with van der Waals surface area (Å²) in [7, 11) is 0. The van der Waals surface area contributed by atoms with Crippen molar-refractivity contribution < 1.29 is 32.2 Å². The summed E-state index contributed by atoms with van der Waals surface area (Å²) >= 11 is 0. The molecule has 0 aromatic heterocycles. The van der Waals surface area contributed by atoms with Crippen molar-refractivity contribution in [2.45, 2.75) is 38.3 Å². The van der Waals surface area contributed by atoms with E-state index in [1.54, 1.807) is 24.3 Å². The van der Waals surface area contributed by atoms with Gasteiger partial charge >= 0.3 is 12.5 Å². The zero-order chi connectivity index (χ0) is 19.8. The van der Waals surface area contributed by atoms with Gasteiger partial charge in [-0.15, -0.1) is 13.2 Å². The van der Waals surface area contributed by atoms with Gasteiger partial charge in [-0.2, -0.15) is 0 Å². The molecule has 0 bridgehead atoms. The van der Waals surface area contributed by atoms with Crippen LogP contribution in [0.1, 0.15) is 31.9 Å². The fourth-order valence-electron chi connectivity index (χ4n) is 3.08. The van der Waals surface area contributed by atoms with Crippen LogP contribution in [-0.2, 0) is 4.74 Å². The number of fused-ring (bicyclic) bond motifs is 1. The number of hydrogen-bond acceptors (Lipinski definition) is 4. The van der Waals surface area contributed by atoms with E-state index in [9.17, 15) is 18.0 Å². The normalized spacial score (nSPS) is 18.2. The van der Waals surface area contributed by atoms with Crippen molar-refractivity contribution in [2.75, 3.05) is 0 Å². The van der Waals surface area contributed by atoms with E-state index in [1.807, 2.05) is 13.8 Å². The smallest absolute Gasteiger partial charge is 0.487 e. The standard InChI is InChI=1S/C19H18F3NO4/c1-18(2)10-16(25-17(23)24)14-7-6-12(9-15(14)27-18)11-4-3-5-13(8-11)26-19(20,21)22/h3-9,16H,10H2,1-2H3,(H2,23,24). The van der Waals surface area contributed by atoms with Gasteiger partial charge in [0.2, 0.25) is 0 Å². The molecule has 0 fully saturated rings. The zero-order valence-corrected chi connectivity index (χ0v) is 14.7. The van der Waals surface area contributed by atoms with Gasteiger partial charge in [0.1, 0.15) is 23.2 Å². The number of halogens is 3. The average molecular weight is 381 g/mol. The number of amides is 1. The molecule has 1 aliphatic rings. The SMILES string of the molecule is CC1(C)CC(OC(N)=O)c2ccc(-c3cccc(OC(F)(F)F)c3)cc2O1. The van der Waals surface area contributed by atoms with Gasteiger partial charge in [0.05, 0.1) is 0 Å². The molecule has 1 heterocycles. The molecular formula is C19H18F3NO4. The summed E-state index contributed by atoms with van der Waals surface area (Å²) in [6.45, 7) is 3.69. The van der Waals surface area contributed by atoms with E-state index in [1.165, 1.54) is 18.2 Å². The number of rotatable bonds is 3. The largest absolute Gasteiger partial charge is 0.573 e. The highest BCUT2D eigenvalue weighted by molar-refractivity contribution is 5.69. The Balaban J connectivity index is 1.96. The first kappa shape index (κ1) is 18.9. The maximum atomic E-state index is 12.4. The molecule has 8 heteroatoms. The Bertz CT molecular complexity index is 864. The van der Waals surface area contributed by atoms with Crippen molar-refractivity contribution in [2.24, 2.45) is 5.73 Å². The maximum Gasteiger partial charge on any atom is 0.573 e. The molecule has 0 saturated heterocycles. The molecule has 2 aromatic rings. The monoisotopic (exact) mass is 381 g/mol. The average Bonchev–Trinajstić information content (AvgIpc) is 2.51. The molecule has 2 N–H and O–H groups in total. The van der Waals surface area contributed by atoms with Gasteiger partial charge in [-0.05, 0) is 43.2 Å². The van der Waals surface area contributed by atoms with Crippen molar-refractivity contribution in [3.05, 3.63) is 48.0 Å². The fraction of sp³-hybridized carbons (Fsp3) is 0.316. The van der Waals surface area contributed by atoms with Crippen molar-refractivity contribution in [1.29, 1.82) is 0 Å². The van der Waals surface area contributed by atoms with E-state index >= 15 is 0 Å². The van der Waals surface area contributed by atoms with Gasteiger partial charge < -0.3 is 19.9 Å². The predicted molar refractivity (Wildman–Crippen MR) is 91.3 cm³/mol. The molecule has 2 aromatic carbocycles. The van der Waals surface area contributed by atoms with E-state index in [4.69, 9.17) is 15.2 Å². The molecule has 3 rings (SSSR count). The van der Waals surface area contributed by atoms with Crippen molar-refractivity contribution >= 4 is 6.09 Å².